The summed E-state index contributed by atoms with van der Waals surface area (Å²) in [5.74, 6) is 0.868. The zero-order valence-corrected chi connectivity index (χ0v) is 9.50. The molecule has 0 fully saturated rings. The van der Waals surface area contributed by atoms with Crippen LogP contribution in [0.15, 0.2) is 18.2 Å². The molecule has 14 heavy (non-hydrogen) atoms. The van der Waals surface area contributed by atoms with Crippen LogP contribution < -0.4 is 4.74 Å². The topological polar surface area (TPSA) is 26.3 Å². The van der Waals surface area contributed by atoms with E-state index in [0.29, 0.717) is 12.2 Å². The minimum atomic E-state index is -0.154. The average Bonchev–Trinajstić information content (AvgIpc) is 2.63. The van der Waals surface area contributed by atoms with Gasteiger partial charge in [0.1, 0.15) is 5.75 Å². The summed E-state index contributed by atoms with van der Waals surface area (Å²) < 4.78 is 5.46. The molecule has 0 N–H and O–H groups in total. The number of benzene rings is 1. The van der Waals surface area contributed by atoms with Gasteiger partial charge in [-0.25, -0.2) is 0 Å². The van der Waals surface area contributed by atoms with Gasteiger partial charge in [-0.2, -0.15) is 0 Å². The second kappa shape index (κ2) is 3.73. The molecular weight excluding hydrogens is 244 g/mol. The van der Waals surface area contributed by atoms with Crippen LogP contribution in [0.2, 0.25) is 0 Å². The molecule has 1 aliphatic heterocycles. The molecule has 0 saturated heterocycles. The fourth-order valence-electron chi connectivity index (χ4n) is 1.62. The Morgan fingerprint density at radius 3 is 3.07 bits per heavy atom. The van der Waals surface area contributed by atoms with E-state index in [1.807, 2.05) is 25.1 Å². The van der Waals surface area contributed by atoms with Crippen molar-refractivity contribution < 1.29 is 9.53 Å². The van der Waals surface area contributed by atoms with Crippen molar-refractivity contribution >= 4 is 21.7 Å². The maximum absolute atomic E-state index is 11.8. The number of fused-ring (bicyclic) bond motifs is 1. The predicted molar refractivity (Wildman–Crippen MR) is 58.4 cm³/mol. The van der Waals surface area contributed by atoms with E-state index in [2.05, 4.69) is 15.9 Å². The molecule has 1 atom stereocenters. The first-order valence-corrected chi connectivity index (χ1v) is 5.54. The number of hydrogen-bond donors (Lipinski definition) is 0. The van der Waals surface area contributed by atoms with Crippen molar-refractivity contribution in [1.82, 2.24) is 0 Å². The standard InChI is InChI=1S/C11H11BrO2/c1-7(12)10(13)9-4-2-3-8-5-6-14-11(8)9/h2-4,7H,5-6H2,1H3. The number of carbonyl (C=O) groups is 1. The lowest BCUT2D eigenvalue weighted by molar-refractivity contribution is 0.0993. The minimum absolute atomic E-state index is 0.0868. The molecule has 74 valence electrons. The van der Waals surface area contributed by atoms with Gasteiger partial charge in [0.2, 0.25) is 0 Å². The molecule has 1 unspecified atom stereocenters. The van der Waals surface area contributed by atoms with Gasteiger partial charge in [-0.05, 0) is 18.6 Å². The Labute approximate surface area is 91.4 Å². The lowest BCUT2D eigenvalue weighted by Gasteiger charge is -2.07. The second-order valence-corrected chi connectivity index (χ2v) is 4.75. The van der Waals surface area contributed by atoms with Gasteiger partial charge in [0.05, 0.1) is 17.0 Å². The highest BCUT2D eigenvalue weighted by Crippen LogP contribution is 2.30. The lowest BCUT2D eigenvalue weighted by Crippen LogP contribution is -2.11. The average molecular weight is 255 g/mol. The summed E-state index contributed by atoms with van der Waals surface area (Å²) in [6, 6.07) is 5.75. The normalized spacial score (nSPS) is 15.9. The summed E-state index contributed by atoms with van der Waals surface area (Å²) in [4.78, 5) is 11.6. The predicted octanol–water partition coefficient (Wildman–Crippen LogP) is 2.59. The molecule has 2 rings (SSSR count). The van der Waals surface area contributed by atoms with E-state index in [4.69, 9.17) is 4.74 Å². The van der Waals surface area contributed by atoms with Crippen molar-refractivity contribution in [2.75, 3.05) is 6.61 Å². The molecule has 0 spiro atoms. The van der Waals surface area contributed by atoms with Crippen LogP contribution in [0.25, 0.3) is 0 Å². The van der Waals surface area contributed by atoms with Gasteiger partial charge in [0, 0.05) is 6.42 Å². The number of ether oxygens (including phenoxy) is 1. The molecule has 0 aromatic heterocycles. The quantitative estimate of drug-likeness (QED) is 0.599. The third-order valence-electron chi connectivity index (χ3n) is 2.34. The van der Waals surface area contributed by atoms with Crippen molar-refractivity contribution in [3.05, 3.63) is 29.3 Å². The number of ketones is 1. The van der Waals surface area contributed by atoms with Gasteiger partial charge >= 0.3 is 0 Å². The largest absolute Gasteiger partial charge is 0.492 e. The fourth-order valence-corrected chi connectivity index (χ4v) is 1.87. The van der Waals surface area contributed by atoms with Crippen molar-refractivity contribution in [1.29, 1.82) is 0 Å². The number of alkyl halides is 1. The Balaban J connectivity index is 2.44. The molecule has 0 aliphatic carbocycles. The molecule has 0 radical (unpaired) electrons. The number of hydrogen-bond acceptors (Lipinski definition) is 2. The number of para-hydroxylation sites is 1. The van der Waals surface area contributed by atoms with Crippen LogP contribution in [0.5, 0.6) is 5.75 Å². The van der Waals surface area contributed by atoms with E-state index in [9.17, 15) is 4.79 Å². The first-order chi connectivity index (χ1) is 6.70. The molecular formula is C11H11BrO2. The molecule has 0 bridgehead atoms. The van der Waals surface area contributed by atoms with E-state index >= 15 is 0 Å². The van der Waals surface area contributed by atoms with E-state index < -0.39 is 0 Å². The van der Waals surface area contributed by atoms with E-state index in [-0.39, 0.29) is 10.6 Å². The third-order valence-corrected chi connectivity index (χ3v) is 2.76. The lowest BCUT2D eigenvalue weighted by atomic mass is 10.0. The fraction of sp³-hybridized carbons (Fsp3) is 0.364. The summed E-state index contributed by atoms with van der Waals surface area (Å²) in [5, 5.41) is 0. The smallest absolute Gasteiger partial charge is 0.179 e. The van der Waals surface area contributed by atoms with Gasteiger partial charge in [0.15, 0.2) is 5.78 Å². The number of carbonyl (C=O) groups excluding carboxylic acids is 1. The van der Waals surface area contributed by atoms with Gasteiger partial charge < -0.3 is 4.74 Å². The van der Waals surface area contributed by atoms with Gasteiger partial charge in [-0.3, -0.25) is 4.79 Å². The Kier molecular flexibility index (Phi) is 2.59. The Hall–Kier alpha value is -0.830. The molecule has 3 heteroatoms. The van der Waals surface area contributed by atoms with E-state index in [0.717, 1.165) is 17.7 Å². The van der Waals surface area contributed by atoms with Crippen molar-refractivity contribution in [3.8, 4) is 5.75 Å². The minimum Gasteiger partial charge on any atom is -0.492 e. The second-order valence-electron chi connectivity index (χ2n) is 3.37. The summed E-state index contributed by atoms with van der Waals surface area (Å²) in [6.07, 6.45) is 0.910. The summed E-state index contributed by atoms with van der Waals surface area (Å²) in [5.41, 5.74) is 1.84. The maximum atomic E-state index is 11.8. The third kappa shape index (κ3) is 1.57. The van der Waals surface area contributed by atoms with Crippen LogP contribution in [0, 0.1) is 0 Å². The SMILES string of the molecule is CC(Br)C(=O)c1cccc2c1OCC2. The molecule has 1 heterocycles. The van der Waals surface area contributed by atoms with Crippen LogP contribution in [0.3, 0.4) is 0 Å². The first-order valence-electron chi connectivity index (χ1n) is 4.63. The highest BCUT2D eigenvalue weighted by molar-refractivity contribution is 9.10. The molecule has 0 saturated carbocycles. The molecule has 1 aromatic carbocycles. The van der Waals surface area contributed by atoms with Crippen molar-refractivity contribution in [2.45, 2.75) is 18.2 Å². The number of halogens is 1. The van der Waals surface area contributed by atoms with E-state index in [1.54, 1.807) is 0 Å². The van der Waals surface area contributed by atoms with E-state index in [1.165, 1.54) is 0 Å². The summed E-state index contributed by atoms with van der Waals surface area (Å²) in [6.45, 7) is 2.52. The summed E-state index contributed by atoms with van der Waals surface area (Å²) >= 11 is 3.28. The number of Topliss-reactive ketones (excluding diaryl/α,β-unsaturated/α-hetero) is 1. The molecule has 0 amide bonds. The van der Waals surface area contributed by atoms with Crippen LogP contribution in [0.1, 0.15) is 22.8 Å². The maximum Gasteiger partial charge on any atom is 0.179 e. The van der Waals surface area contributed by atoms with Gasteiger partial charge in [0.25, 0.3) is 0 Å². The zero-order chi connectivity index (χ0) is 10.1. The van der Waals surface area contributed by atoms with Gasteiger partial charge in [-0.15, -0.1) is 0 Å². The zero-order valence-electron chi connectivity index (χ0n) is 7.92. The van der Waals surface area contributed by atoms with Crippen LogP contribution in [0.4, 0.5) is 0 Å². The Morgan fingerprint density at radius 2 is 2.36 bits per heavy atom. The van der Waals surface area contributed by atoms with Crippen LogP contribution in [-0.4, -0.2) is 17.2 Å². The van der Waals surface area contributed by atoms with Crippen molar-refractivity contribution in [3.63, 3.8) is 0 Å². The summed E-state index contributed by atoms with van der Waals surface area (Å²) in [7, 11) is 0. The highest BCUT2D eigenvalue weighted by atomic mass is 79.9. The van der Waals surface area contributed by atoms with Crippen molar-refractivity contribution in [2.24, 2.45) is 0 Å². The first kappa shape index (κ1) is 9.71. The Bertz CT molecular complexity index is 372. The van der Waals surface area contributed by atoms with Gasteiger partial charge in [-0.1, -0.05) is 28.1 Å². The molecule has 2 nitrogen and oxygen atoms in total. The molecule has 1 aliphatic rings. The molecule has 1 aromatic rings. The monoisotopic (exact) mass is 254 g/mol. The van der Waals surface area contributed by atoms with Crippen LogP contribution >= 0.6 is 15.9 Å². The number of rotatable bonds is 2. The Morgan fingerprint density at radius 1 is 1.57 bits per heavy atom. The van der Waals surface area contributed by atoms with Crippen LogP contribution in [-0.2, 0) is 6.42 Å². The highest BCUT2D eigenvalue weighted by Gasteiger charge is 2.22.